The summed E-state index contributed by atoms with van der Waals surface area (Å²) < 4.78 is 0. The number of amides is 1. The highest BCUT2D eigenvalue weighted by atomic mass is 32.1. The summed E-state index contributed by atoms with van der Waals surface area (Å²) in [6, 6.07) is 10.9. The van der Waals surface area contributed by atoms with Crippen LogP contribution in [0, 0.1) is 11.3 Å². The maximum atomic E-state index is 12.0. The summed E-state index contributed by atoms with van der Waals surface area (Å²) in [5.74, 6) is -0.408. The van der Waals surface area contributed by atoms with Gasteiger partial charge >= 0.3 is 0 Å². The Bertz CT molecular complexity index is 628. The maximum absolute atomic E-state index is 12.0. The fourth-order valence-corrected chi connectivity index (χ4v) is 2.28. The van der Waals surface area contributed by atoms with Gasteiger partial charge in [-0.25, -0.2) is 0 Å². The Labute approximate surface area is 108 Å². The number of hydrogen-bond acceptors (Lipinski definition) is 5. The van der Waals surface area contributed by atoms with Gasteiger partial charge in [-0.05, 0) is 12.1 Å². The van der Waals surface area contributed by atoms with Crippen molar-refractivity contribution in [3.8, 4) is 6.07 Å². The van der Waals surface area contributed by atoms with Crippen molar-refractivity contribution >= 4 is 33.6 Å². The normalized spacial score (nSPS) is 9.72. The van der Waals surface area contributed by atoms with Crippen LogP contribution in [0.15, 0.2) is 30.3 Å². The summed E-state index contributed by atoms with van der Waals surface area (Å²) in [7, 11) is 0. The van der Waals surface area contributed by atoms with Gasteiger partial charge in [0.05, 0.1) is 11.3 Å². The second-order valence-electron chi connectivity index (χ2n) is 3.52. The number of para-hydroxylation sites is 1. The molecule has 2 aromatic rings. The Hall–Kier alpha value is -2.52. The molecule has 0 atom stereocenters. The van der Waals surface area contributed by atoms with Crippen LogP contribution in [0.25, 0.3) is 0 Å². The van der Waals surface area contributed by atoms with Gasteiger partial charge in [-0.3, -0.25) is 4.79 Å². The molecule has 0 aliphatic carbocycles. The molecule has 0 bridgehead atoms. The number of hydrogen-bond donors (Lipinski definition) is 3. The summed E-state index contributed by atoms with van der Waals surface area (Å²) >= 11 is 1.01. The molecule has 0 fully saturated rings. The average Bonchev–Trinajstić information content (AvgIpc) is 2.65. The monoisotopic (exact) mass is 258 g/mol. The summed E-state index contributed by atoms with van der Waals surface area (Å²) in [6.07, 6.45) is 0. The standard InChI is InChI=1S/C12H10N4OS/c13-6-8-10(14)9(11(15)18-8)12(17)16-7-4-2-1-3-5-7/h1-5H,14-15H2,(H,16,17). The third kappa shape index (κ3) is 2.12. The molecule has 0 saturated heterocycles. The van der Waals surface area contributed by atoms with E-state index in [4.69, 9.17) is 16.7 Å². The van der Waals surface area contributed by atoms with Crippen molar-refractivity contribution in [2.75, 3.05) is 16.8 Å². The number of nitriles is 1. The molecule has 2 rings (SSSR count). The van der Waals surface area contributed by atoms with Gasteiger partial charge in [0.25, 0.3) is 5.91 Å². The van der Waals surface area contributed by atoms with Crippen LogP contribution in [0.1, 0.15) is 15.2 Å². The molecule has 0 saturated carbocycles. The number of nitrogens with zero attached hydrogens (tertiary/aromatic N) is 1. The minimum atomic E-state index is -0.408. The van der Waals surface area contributed by atoms with E-state index in [2.05, 4.69) is 5.32 Å². The van der Waals surface area contributed by atoms with Crippen LogP contribution in [0.5, 0.6) is 0 Å². The summed E-state index contributed by atoms with van der Waals surface area (Å²) in [5.41, 5.74) is 12.4. The first-order chi connectivity index (χ1) is 8.63. The Morgan fingerprint density at radius 2 is 1.94 bits per heavy atom. The van der Waals surface area contributed by atoms with Gasteiger partial charge in [0.1, 0.15) is 15.9 Å². The van der Waals surface area contributed by atoms with E-state index in [0.717, 1.165) is 11.3 Å². The van der Waals surface area contributed by atoms with Crippen molar-refractivity contribution in [2.24, 2.45) is 0 Å². The zero-order valence-electron chi connectivity index (χ0n) is 9.31. The molecule has 0 aliphatic rings. The van der Waals surface area contributed by atoms with Crippen molar-refractivity contribution in [3.63, 3.8) is 0 Å². The molecule has 1 heterocycles. The molecule has 1 aromatic heterocycles. The third-order valence-electron chi connectivity index (χ3n) is 2.33. The molecule has 0 radical (unpaired) electrons. The van der Waals surface area contributed by atoms with E-state index in [1.807, 2.05) is 12.1 Å². The van der Waals surface area contributed by atoms with Crippen molar-refractivity contribution in [1.29, 1.82) is 5.26 Å². The first kappa shape index (κ1) is 12.0. The Morgan fingerprint density at radius 1 is 1.28 bits per heavy atom. The molecule has 5 N–H and O–H groups in total. The number of rotatable bonds is 2. The van der Waals surface area contributed by atoms with E-state index >= 15 is 0 Å². The lowest BCUT2D eigenvalue weighted by Crippen LogP contribution is -2.14. The van der Waals surface area contributed by atoms with Crippen LogP contribution in [-0.2, 0) is 0 Å². The van der Waals surface area contributed by atoms with Gasteiger partial charge < -0.3 is 16.8 Å². The van der Waals surface area contributed by atoms with E-state index < -0.39 is 5.91 Å². The van der Waals surface area contributed by atoms with Gasteiger partial charge in [0.15, 0.2) is 0 Å². The highest BCUT2D eigenvalue weighted by Gasteiger charge is 2.20. The predicted molar refractivity (Wildman–Crippen MR) is 72.3 cm³/mol. The van der Waals surface area contributed by atoms with E-state index in [-0.39, 0.29) is 21.1 Å². The number of nitrogens with one attached hydrogen (secondary N) is 1. The maximum Gasteiger partial charge on any atom is 0.260 e. The average molecular weight is 258 g/mol. The molecular formula is C12H10N4OS. The van der Waals surface area contributed by atoms with Crippen LogP contribution in [0.3, 0.4) is 0 Å². The van der Waals surface area contributed by atoms with Gasteiger partial charge in [-0.15, -0.1) is 11.3 Å². The number of carbonyl (C=O) groups excluding carboxylic acids is 1. The highest BCUT2D eigenvalue weighted by Crippen LogP contribution is 2.33. The molecule has 0 spiro atoms. The summed E-state index contributed by atoms with van der Waals surface area (Å²) in [5, 5.41) is 11.7. The topological polar surface area (TPSA) is 105 Å². The molecule has 5 nitrogen and oxygen atoms in total. The minimum Gasteiger partial charge on any atom is -0.396 e. The molecule has 1 aromatic carbocycles. The van der Waals surface area contributed by atoms with Crippen molar-refractivity contribution < 1.29 is 4.79 Å². The predicted octanol–water partition coefficient (Wildman–Crippen LogP) is 2.04. The number of benzene rings is 1. The van der Waals surface area contributed by atoms with Gasteiger partial charge in [0, 0.05) is 5.69 Å². The quantitative estimate of drug-likeness (QED) is 0.766. The van der Waals surface area contributed by atoms with Crippen LogP contribution in [-0.4, -0.2) is 5.91 Å². The number of nitrogens with two attached hydrogens (primary N) is 2. The second kappa shape index (κ2) is 4.77. The molecule has 0 unspecified atom stereocenters. The summed E-state index contributed by atoms with van der Waals surface area (Å²) in [6.45, 7) is 0. The number of carbonyl (C=O) groups is 1. The van der Waals surface area contributed by atoms with Crippen molar-refractivity contribution in [2.45, 2.75) is 0 Å². The number of nitrogen functional groups attached to an aromatic ring is 2. The highest BCUT2D eigenvalue weighted by molar-refractivity contribution is 7.17. The second-order valence-corrected chi connectivity index (χ2v) is 4.57. The van der Waals surface area contributed by atoms with Crippen molar-refractivity contribution in [1.82, 2.24) is 0 Å². The zero-order valence-corrected chi connectivity index (χ0v) is 10.1. The third-order valence-corrected chi connectivity index (χ3v) is 3.27. The van der Waals surface area contributed by atoms with E-state index in [0.29, 0.717) is 5.69 Å². The minimum absolute atomic E-state index is 0.133. The Balaban J connectivity index is 2.31. The molecule has 1 amide bonds. The van der Waals surface area contributed by atoms with Gasteiger partial charge in [-0.1, -0.05) is 18.2 Å². The van der Waals surface area contributed by atoms with E-state index in [9.17, 15) is 4.79 Å². The van der Waals surface area contributed by atoms with E-state index in [1.165, 1.54) is 0 Å². The Kier molecular flexibility index (Phi) is 3.17. The zero-order chi connectivity index (χ0) is 13.1. The van der Waals surface area contributed by atoms with Crippen LogP contribution < -0.4 is 16.8 Å². The van der Waals surface area contributed by atoms with E-state index in [1.54, 1.807) is 24.3 Å². The lowest BCUT2D eigenvalue weighted by Gasteiger charge is -2.05. The first-order valence-corrected chi connectivity index (χ1v) is 5.89. The first-order valence-electron chi connectivity index (χ1n) is 5.07. The molecule has 90 valence electrons. The number of thiophene rings is 1. The SMILES string of the molecule is N#Cc1sc(N)c(C(=O)Nc2ccccc2)c1N. The summed E-state index contributed by atoms with van der Waals surface area (Å²) in [4.78, 5) is 12.3. The van der Waals surface area contributed by atoms with Crippen molar-refractivity contribution in [3.05, 3.63) is 40.8 Å². The molecule has 18 heavy (non-hydrogen) atoms. The Morgan fingerprint density at radius 3 is 2.50 bits per heavy atom. The van der Waals surface area contributed by atoms with Crippen LogP contribution in [0.4, 0.5) is 16.4 Å². The van der Waals surface area contributed by atoms with Gasteiger partial charge in [-0.2, -0.15) is 5.26 Å². The molecular weight excluding hydrogens is 248 g/mol. The fraction of sp³-hybridized carbons (Fsp3) is 0. The molecule has 6 heteroatoms. The van der Waals surface area contributed by atoms with Gasteiger partial charge in [0.2, 0.25) is 0 Å². The van der Waals surface area contributed by atoms with Crippen LogP contribution in [0.2, 0.25) is 0 Å². The fourth-order valence-electron chi connectivity index (χ4n) is 1.49. The lowest BCUT2D eigenvalue weighted by molar-refractivity contribution is 0.102. The lowest BCUT2D eigenvalue weighted by atomic mass is 10.2. The smallest absolute Gasteiger partial charge is 0.260 e. The van der Waals surface area contributed by atoms with Crippen LogP contribution >= 0.6 is 11.3 Å². The number of anilines is 3. The largest absolute Gasteiger partial charge is 0.396 e. The molecule has 0 aliphatic heterocycles.